The van der Waals surface area contributed by atoms with E-state index in [1.54, 1.807) is 6.21 Å². The highest BCUT2D eigenvalue weighted by Gasteiger charge is 2.51. The van der Waals surface area contributed by atoms with Crippen LogP contribution < -0.4 is 10.7 Å². The Morgan fingerprint density at radius 2 is 1.87 bits per heavy atom. The minimum atomic E-state index is -0.184. The van der Waals surface area contributed by atoms with Crippen LogP contribution in [0.5, 0.6) is 0 Å². The number of carbonyl (C=O) groups is 1. The van der Waals surface area contributed by atoms with E-state index in [2.05, 4.69) is 20.8 Å². The Kier molecular flexibility index (Phi) is 3.58. The minimum absolute atomic E-state index is 0.0237. The van der Waals surface area contributed by atoms with E-state index in [-0.39, 0.29) is 11.6 Å². The van der Waals surface area contributed by atoms with Gasteiger partial charge < -0.3 is 5.32 Å². The number of nitrogens with one attached hydrogen (secondary N) is 2. The van der Waals surface area contributed by atoms with Gasteiger partial charge in [-0.25, -0.2) is 10.2 Å². The average Bonchev–Trinajstić information content (AvgIpc) is 2.45. The van der Waals surface area contributed by atoms with Gasteiger partial charge in [0.1, 0.15) is 0 Å². The number of amides is 2. The molecule has 1 aromatic heterocycles. The molecule has 0 unspecified atom stereocenters. The zero-order valence-corrected chi connectivity index (χ0v) is 13.6. The second-order valence-electron chi connectivity index (χ2n) is 7.73. The largest absolute Gasteiger partial charge is 0.335 e. The Labute approximate surface area is 137 Å². The van der Waals surface area contributed by atoms with Crippen LogP contribution in [0.1, 0.15) is 49.9 Å². The number of pyridine rings is 1. The van der Waals surface area contributed by atoms with E-state index in [0.717, 1.165) is 48.4 Å². The number of nitrogens with zero attached hydrogens (tertiary/aromatic N) is 2. The second-order valence-corrected chi connectivity index (χ2v) is 7.73. The minimum Gasteiger partial charge on any atom is -0.331 e. The number of hydrazone groups is 1. The maximum atomic E-state index is 12.2. The smallest absolute Gasteiger partial charge is 0.331 e. The number of carbonyl (C=O) groups excluding carboxylic acids is 1. The third-order valence-corrected chi connectivity index (χ3v) is 5.69. The fourth-order valence-electron chi connectivity index (χ4n) is 5.33. The van der Waals surface area contributed by atoms with Crippen molar-refractivity contribution in [2.75, 3.05) is 0 Å². The first-order valence-electron chi connectivity index (χ1n) is 8.65. The standard InChI is InChI=1S/C18H24N4O/c1-12-3-2-4-16(20-12)11-19-22-17(23)21-18-8-13-5-14(9-18)7-15(6-13)10-18/h2-4,11,13-15H,5-10H2,1H3,(H2,21,22,23)/b19-11-. The van der Waals surface area contributed by atoms with Gasteiger partial charge in [-0.05, 0) is 75.3 Å². The van der Waals surface area contributed by atoms with Crippen LogP contribution in [0.15, 0.2) is 23.3 Å². The molecule has 0 saturated heterocycles. The zero-order valence-electron chi connectivity index (χ0n) is 13.6. The lowest BCUT2D eigenvalue weighted by Crippen LogP contribution is -2.61. The highest BCUT2D eigenvalue weighted by molar-refractivity contribution is 5.80. The highest BCUT2D eigenvalue weighted by Crippen LogP contribution is 2.55. The first-order chi connectivity index (χ1) is 11.1. The van der Waals surface area contributed by atoms with Crippen molar-refractivity contribution in [1.82, 2.24) is 15.7 Å². The molecule has 4 fully saturated rings. The summed E-state index contributed by atoms with van der Waals surface area (Å²) in [5.74, 6) is 2.46. The van der Waals surface area contributed by atoms with Crippen LogP contribution in [0.4, 0.5) is 4.79 Å². The van der Waals surface area contributed by atoms with Gasteiger partial charge in [0.15, 0.2) is 0 Å². The summed E-state index contributed by atoms with van der Waals surface area (Å²) in [5, 5.41) is 7.27. The number of aryl methyl sites for hydroxylation is 1. The monoisotopic (exact) mass is 312 g/mol. The molecule has 4 aliphatic rings. The van der Waals surface area contributed by atoms with Crippen molar-refractivity contribution >= 4 is 12.2 Å². The molecule has 5 nitrogen and oxygen atoms in total. The Morgan fingerprint density at radius 1 is 1.22 bits per heavy atom. The molecule has 23 heavy (non-hydrogen) atoms. The fourth-order valence-corrected chi connectivity index (χ4v) is 5.33. The number of hydrogen-bond acceptors (Lipinski definition) is 3. The average molecular weight is 312 g/mol. The van der Waals surface area contributed by atoms with Crippen molar-refractivity contribution < 1.29 is 4.79 Å². The van der Waals surface area contributed by atoms with Crippen molar-refractivity contribution in [2.45, 2.75) is 51.0 Å². The molecule has 2 amide bonds. The van der Waals surface area contributed by atoms with Crippen LogP contribution in [0.3, 0.4) is 0 Å². The van der Waals surface area contributed by atoms with Gasteiger partial charge in [0.2, 0.25) is 0 Å². The molecule has 1 heterocycles. The Bertz CT molecular complexity index is 604. The molecule has 0 spiro atoms. The summed E-state index contributed by atoms with van der Waals surface area (Å²) < 4.78 is 0. The predicted octanol–water partition coefficient (Wildman–Crippen LogP) is 2.99. The summed E-state index contributed by atoms with van der Waals surface area (Å²) in [7, 11) is 0. The van der Waals surface area contributed by atoms with Crippen LogP contribution in [-0.4, -0.2) is 22.8 Å². The van der Waals surface area contributed by atoms with Gasteiger partial charge in [-0.3, -0.25) is 4.98 Å². The molecule has 122 valence electrons. The van der Waals surface area contributed by atoms with Crippen molar-refractivity contribution in [3.63, 3.8) is 0 Å². The fraction of sp³-hybridized carbons (Fsp3) is 0.611. The lowest BCUT2D eigenvalue weighted by Gasteiger charge is -2.56. The van der Waals surface area contributed by atoms with Gasteiger partial charge in [0.05, 0.1) is 11.9 Å². The van der Waals surface area contributed by atoms with E-state index in [9.17, 15) is 4.79 Å². The van der Waals surface area contributed by atoms with Gasteiger partial charge in [0.25, 0.3) is 0 Å². The number of hydrogen-bond donors (Lipinski definition) is 2. The van der Waals surface area contributed by atoms with E-state index < -0.39 is 0 Å². The Hall–Kier alpha value is -1.91. The van der Waals surface area contributed by atoms with Gasteiger partial charge in [-0.1, -0.05) is 6.07 Å². The third-order valence-electron chi connectivity index (χ3n) is 5.69. The number of urea groups is 1. The van der Waals surface area contributed by atoms with Gasteiger partial charge >= 0.3 is 6.03 Å². The zero-order chi connectivity index (χ0) is 15.9. The SMILES string of the molecule is Cc1cccc(/C=N\NC(=O)NC23CC4CC(CC(C4)C2)C3)n1. The molecule has 4 aliphatic carbocycles. The molecule has 5 heteroatoms. The van der Waals surface area contributed by atoms with E-state index >= 15 is 0 Å². The van der Waals surface area contributed by atoms with Crippen LogP contribution in [-0.2, 0) is 0 Å². The van der Waals surface area contributed by atoms with Crippen molar-refractivity contribution in [1.29, 1.82) is 0 Å². The summed E-state index contributed by atoms with van der Waals surface area (Å²) in [5.41, 5.74) is 4.32. The maximum absolute atomic E-state index is 12.2. The van der Waals surface area contributed by atoms with E-state index in [4.69, 9.17) is 0 Å². The van der Waals surface area contributed by atoms with Crippen molar-refractivity contribution in [2.24, 2.45) is 22.9 Å². The first kappa shape index (κ1) is 14.7. The lowest BCUT2D eigenvalue weighted by atomic mass is 9.53. The van der Waals surface area contributed by atoms with E-state index in [1.807, 2.05) is 25.1 Å². The van der Waals surface area contributed by atoms with Gasteiger partial charge in [-0.15, -0.1) is 0 Å². The van der Waals surface area contributed by atoms with Crippen molar-refractivity contribution in [3.8, 4) is 0 Å². The number of aromatic nitrogens is 1. The molecule has 0 aromatic carbocycles. The molecule has 5 rings (SSSR count). The van der Waals surface area contributed by atoms with E-state index in [1.165, 1.54) is 19.3 Å². The molecule has 1 aromatic rings. The normalized spacial score (nSPS) is 34.7. The molecule has 0 radical (unpaired) electrons. The highest BCUT2D eigenvalue weighted by atomic mass is 16.2. The van der Waals surface area contributed by atoms with Crippen LogP contribution >= 0.6 is 0 Å². The third kappa shape index (κ3) is 3.09. The van der Waals surface area contributed by atoms with Crippen LogP contribution in [0.25, 0.3) is 0 Å². The molecular formula is C18H24N4O. The maximum Gasteiger partial charge on any atom is 0.335 e. The second kappa shape index (κ2) is 5.62. The van der Waals surface area contributed by atoms with Crippen molar-refractivity contribution in [3.05, 3.63) is 29.6 Å². The molecular weight excluding hydrogens is 288 g/mol. The molecule has 0 atom stereocenters. The summed E-state index contributed by atoms with van der Waals surface area (Å²) in [6, 6.07) is 5.55. The molecule has 4 bridgehead atoms. The Balaban J connectivity index is 1.35. The van der Waals surface area contributed by atoms with E-state index in [0.29, 0.717) is 0 Å². The van der Waals surface area contributed by atoms with Gasteiger partial charge in [0, 0.05) is 11.2 Å². The molecule has 2 N–H and O–H groups in total. The topological polar surface area (TPSA) is 66.4 Å². The molecule has 4 saturated carbocycles. The van der Waals surface area contributed by atoms with Crippen LogP contribution in [0, 0.1) is 24.7 Å². The first-order valence-corrected chi connectivity index (χ1v) is 8.65. The Morgan fingerprint density at radius 3 is 2.48 bits per heavy atom. The molecule has 0 aliphatic heterocycles. The predicted molar refractivity (Wildman–Crippen MR) is 89.1 cm³/mol. The summed E-state index contributed by atoms with van der Waals surface area (Å²) in [6.45, 7) is 1.94. The van der Waals surface area contributed by atoms with Crippen LogP contribution in [0.2, 0.25) is 0 Å². The lowest BCUT2D eigenvalue weighted by molar-refractivity contribution is -0.0135. The summed E-state index contributed by atoms with van der Waals surface area (Å²) in [6.07, 6.45) is 9.16. The summed E-state index contributed by atoms with van der Waals surface area (Å²) in [4.78, 5) is 16.6. The summed E-state index contributed by atoms with van der Waals surface area (Å²) >= 11 is 0. The van der Waals surface area contributed by atoms with Gasteiger partial charge in [-0.2, -0.15) is 5.10 Å². The number of rotatable bonds is 3. The quantitative estimate of drug-likeness (QED) is 0.665.